The summed E-state index contributed by atoms with van der Waals surface area (Å²) in [4.78, 5) is 30.3. The number of hydrogen-bond donors (Lipinski definition) is 0. The van der Waals surface area contributed by atoms with E-state index in [0.717, 1.165) is 64.6 Å². The highest BCUT2D eigenvalue weighted by molar-refractivity contribution is 6.36. The number of piperazine rings is 1. The Labute approximate surface area is 256 Å². The van der Waals surface area contributed by atoms with Crippen molar-refractivity contribution in [2.75, 3.05) is 68.8 Å². The maximum atomic E-state index is 13.5. The molecule has 1 unspecified atom stereocenters. The minimum absolute atomic E-state index is 0.0723. The molecule has 11 heteroatoms. The van der Waals surface area contributed by atoms with Gasteiger partial charge in [0.25, 0.3) is 5.91 Å². The number of morpholine rings is 1. The van der Waals surface area contributed by atoms with Gasteiger partial charge in [0.05, 0.1) is 23.9 Å². The average molecular weight is 609 g/mol. The molecule has 2 saturated heterocycles. The predicted molar refractivity (Wildman–Crippen MR) is 167 cm³/mol. The number of anilines is 2. The summed E-state index contributed by atoms with van der Waals surface area (Å²) in [6.45, 7) is 13.4. The van der Waals surface area contributed by atoms with Crippen LogP contribution in [-0.4, -0.2) is 96.8 Å². The fourth-order valence-corrected chi connectivity index (χ4v) is 6.51. The van der Waals surface area contributed by atoms with Gasteiger partial charge in [-0.25, -0.2) is 4.39 Å². The third-order valence-electron chi connectivity index (χ3n) is 8.59. The average Bonchev–Trinajstić information content (AvgIpc) is 3.02. The van der Waals surface area contributed by atoms with Crippen LogP contribution in [0.25, 0.3) is 10.8 Å². The van der Waals surface area contributed by atoms with Gasteiger partial charge < -0.3 is 24.2 Å². The molecule has 1 atom stereocenters. The summed E-state index contributed by atoms with van der Waals surface area (Å²) in [5.74, 6) is -0.769. The summed E-state index contributed by atoms with van der Waals surface area (Å²) in [6, 6.07) is 13.0. The first kappa shape index (κ1) is 29.6. The number of halogens is 2. The van der Waals surface area contributed by atoms with Gasteiger partial charge in [0.15, 0.2) is 5.83 Å². The Bertz CT molecular complexity index is 1510. The zero-order valence-electron chi connectivity index (χ0n) is 24.8. The minimum Gasteiger partial charge on any atom is -0.461 e. The fourth-order valence-electron chi connectivity index (χ4n) is 6.23. The second-order valence-corrected chi connectivity index (χ2v) is 12.0. The van der Waals surface area contributed by atoms with Crippen LogP contribution in [0.5, 0.6) is 6.01 Å². The van der Waals surface area contributed by atoms with Crippen LogP contribution in [0, 0.1) is 0 Å². The van der Waals surface area contributed by atoms with Crippen molar-refractivity contribution in [3.63, 3.8) is 0 Å². The van der Waals surface area contributed by atoms with E-state index in [0.29, 0.717) is 58.0 Å². The van der Waals surface area contributed by atoms with Crippen LogP contribution in [0.1, 0.15) is 25.1 Å². The number of ether oxygens (including phenoxy) is 2. The van der Waals surface area contributed by atoms with Crippen LogP contribution in [0.2, 0.25) is 5.02 Å². The monoisotopic (exact) mass is 608 g/mol. The molecule has 0 radical (unpaired) electrons. The van der Waals surface area contributed by atoms with E-state index in [1.54, 1.807) is 0 Å². The number of nitrogens with zero attached hydrogens (tertiary/aromatic N) is 6. The lowest BCUT2D eigenvalue weighted by atomic mass is 10.0. The fraction of sp³-hybridized carbons (Fsp3) is 0.469. The topological polar surface area (TPSA) is 74.3 Å². The highest BCUT2D eigenvalue weighted by Gasteiger charge is 2.30. The molecule has 0 N–H and O–H groups in total. The normalized spacial score (nSPS) is 19.6. The molecule has 3 aromatic rings. The number of aromatic nitrogens is 2. The number of benzene rings is 2. The van der Waals surface area contributed by atoms with E-state index in [4.69, 9.17) is 31.0 Å². The van der Waals surface area contributed by atoms with Crippen LogP contribution in [0.4, 0.5) is 15.9 Å². The Balaban J connectivity index is 1.28. The van der Waals surface area contributed by atoms with E-state index in [1.165, 1.54) is 4.90 Å². The van der Waals surface area contributed by atoms with E-state index in [2.05, 4.69) is 59.4 Å². The third-order valence-corrected chi connectivity index (χ3v) is 8.91. The highest BCUT2D eigenvalue weighted by Crippen LogP contribution is 2.37. The van der Waals surface area contributed by atoms with Crippen molar-refractivity contribution in [1.82, 2.24) is 19.8 Å². The summed E-state index contributed by atoms with van der Waals surface area (Å²) in [5.41, 5.74) is 3.04. The third kappa shape index (κ3) is 6.27. The quantitative estimate of drug-likeness (QED) is 0.364. The van der Waals surface area contributed by atoms with Crippen molar-refractivity contribution in [2.45, 2.75) is 39.0 Å². The molecule has 3 aliphatic heterocycles. The molecule has 3 aliphatic rings. The molecule has 1 aromatic heterocycles. The molecule has 0 bridgehead atoms. The Hall–Kier alpha value is -3.47. The van der Waals surface area contributed by atoms with Gasteiger partial charge in [-0.3, -0.25) is 9.69 Å². The smallest absolute Gasteiger partial charge is 0.318 e. The molecule has 0 saturated carbocycles. The van der Waals surface area contributed by atoms with Gasteiger partial charge in [0, 0.05) is 68.5 Å². The molecule has 4 heterocycles. The molecule has 0 spiro atoms. The van der Waals surface area contributed by atoms with Crippen LogP contribution in [0.3, 0.4) is 0 Å². The lowest BCUT2D eigenvalue weighted by Crippen LogP contribution is -2.49. The summed E-state index contributed by atoms with van der Waals surface area (Å²) < 4.78 is 25.7. The van der Waals surface area contributed by atoms with Gasteiger partial charge >= 0.3 is 6.01 Å². The lowest BCUT2D eigenvalue weighted by molar-refractivity contribution is -0.128. The van der Waals surface area contributed by atoms with Crippen molar-refractivity contribution in [3.05, 3.63) is 65.1 Å². The molecule has 43 heavy (non-hydrogen) atoms. The van der Waals surface area contributed by atoms with Gasteiger partial charge in [-0.15, -0.1) is 0 Å². The van der Waals surface area contributed by atoms with Crippen LogP contribution < -0.4 is 14.5 Å². The van der Waals surface area contributed by atoms with Crippen molar-refractivity contribution < 1.29 is 18.7 Å². The molecule has 0 aliphatic carbocycles. The van der Waals surface area contributed by atoms with E-state index in [9.17, 15) is 9.18 Å². The Kier molecular flexibility index (Phi) is 8.70. The molecule has 1 amide bonds. The Morgan fingerprint density at radius 2 is 1.86 bits per heavy atom. The second kappa shape index (κ2) is 12.6. The summed E-state index contributed by atoms with van der Waals surface area (Å²) in [7, 11) is 0. The van der Waals surface area contributed by atoms with E-state index >= 15 is 0 Å². The van der Waals surface area contributed by atoms with Gasteiger partial charge in [-0.1, -0.05) is 42.4 Å². The number of rotatable bonds is 7. The van der Waals surface area contributed by atoms with Gasteiger partial charge in [-0.2, -0.15) is 9.97 Å². The maximum Gasteiger partial charge on any atom is 0.318 e. The van der Waals surface area contributed by atoms with E-state index in [-0.39, 0.29) is 6.10 Å². The predicted octanol–water partition coefficient (Wildman–Crippen LogP) is 4.47. The molecule has 228 valence electrons. The Morgan fingerprint density at radius 3 is 2.60 bits per heavy atom. The van der Waals surface area contributed by atoms with E-state index < -0.39 is 11.7 Å². The van der Waals surface area contributed by atoms with Crippen LogP contribution in [0.15, 0.2) is 48.8 Å². The largest absolute Gasteiger partial charge is 0.461 e. The molecule has 9 nitrogen and oxygen atoms in total. The highest BCUT2D eigenvalue weighted by atomic mass is 35.5. The maximum absolute atomic E-state index is 13.5. The minimum atomic E-state index is -0.932. The molecular formula is C32H38ClFN6O3. The molecule has 2 aromatic carbocycles. The number of carbonyl (C=O) groups excluding carboxylic acids is 1. The van der Waals surface area contributed by atoms with Crippen LogP contribution in [-0.2, 0) is 22.5 Å². The first-order valence-electron chi connectivity index (χ1n) is 15.0. The first-order chi connectivity index (χ1) is 20.8. The zero-order chi connectivity index (χ0) is 30.1. The zero-order valence-corrected chi connectivity index (χ0v) is 25.5. The summed E-state index contributed by atoms with van der Waals surface area (Å²) in [5, 5.41) is 2.84. The van der Waals surface area contributed by atoms with Crippen molar-refractivity contribution in [2.24, 2.45) is 0 Å². The molecule has 2 fully saturated rings. The standard InChI is InChI=1S/C32H38ClFN6O3/c1-21(2)39-16-17-42-24(18-39)20-43-32-35-27-19-40(28-9-5-7-23-6-4-8-26(33)29(23)28)11-10-25(27)30(36-32)37-12-14-38(15-13-37)31(41)22(3)34/h4-9,21,24H,3,10-20H2,1-2H3. The second-order valence-electron chi connectivity index (χ2n) is 11.6. The SMILES string of the molecule is C=C(F)C(=O)N1CCN(c2nc(OCC3CN(C(C)C)CCO3)nc3c2CCN(c2cccc4cccc(Cl)c24)C3)CC1. The number of fused-ring (bicyclic) bond motifs is 2. The molecular weight excluding hydrogens is 571 g/mol. The van der Waals surface area contributed by atoms with Crippen molar-refractivity contribution in [1.29, 1.82) is 0 Å². The first-order valence-corrected chi connectivity index (χ1v) is 15.4. The van der Waals surface area contributed by atoms with Gasteiger partial charge in [0.2, 0.25) is 0 Å². The lowest BCUT2D eigenvalue weighted by Gasteiger charge is -2.38. The van der Waals surface area contributed by atoms with Crippen LogP contribution >= 0.6 is 11.6 Å². The molecule has 6 rings (SSSR count). The summed E-state index contributed by atoms with van der Waals surface area (Å²) in [6.07, 6.45) is 0.665. The number of hydrogen-bond acceptors (Lipinski definition) is 8. The van der Waals surface area contributed by atoms with Gasteiger partial charge in [0.1, 0.15) is 18.5 Å². The van der Waals surface area contributed by atoms with Crippen molar-refractivity contribution in [3.8, 4) is 6.01 Å². The summed E-state index contributed by atoms with van der Waals surface area (Å²) >= 11 is 6.68. The van der Waals surface area contributed by atoms with Gasteiger partial charge in [-0.05, 0) is 37.8 Å². The van der Waals surface area contributed by atoms with E-state index in [1.807, 2.05) is 12.1 Å². The number of amides is 1. The number of carbonyl (C=O) groups is 1. The Morgan fingerprint density at radius 1 is 1.09 bits per heavy atom. The van der Waals surface area contributed by atoms with Crippen molar-refractivity contribution >= 4 is 39.8 Å².